The van der Waals surface area contributed by atoms with Gasteiger partial charge in [0.05, 0.1) is 11.1 Å². The second-order valence-corrected chi connectivity index (χ2v) is 7.49. The zero-order chi connectivity index (χ0) is 22.4. The van der Waals surface area contributed by atoms with Crippen molar-refractivity contribution < 1.29 is 27.5 Å². The van der Waals surface area contributed by atoms with E-state index in [2.05, 4.69) is 16.0 Å². The molecule has 0 bridgehead atoms. The van der Waals surface area contributed by atoms with Crippen molar-refractivity contribution in [2.75, 3.05) is 18.5 Å². The van der Waals surface area contributed by atoms with E-state index in [1.165, 1.54) is 30.3 Å². The highest BCUT2D eigenvalue weighted by Gasteiger charge is 2.26. The maximum atomic E-state index is 13.4. The first-order valence-corrected chi connectivity index (χ1v) is 9.99. The summed E-state index contributed by atoms with van der Waals surface area (Å²) in [7, 11) is 0. The molecule has 0 radical (unpaired) electrons. The standard InChI is InChI=1S/C21H21ClF3N3O3/c22-16-6-5-15(9-17(16)23)31-11-19(29)27-14-4-7-18(26-10-14)21(30)28-13-3-1-2-12(8-13)20(24)25/h1-3,5-6,8-9,14,18,20,26H,4,7,10-11H2,(H,27,29)(H,28,30)/t14-,18+/m0/s1. The maximum absolute atomic E-state index is 13.4. The van der Waals surface area contributed by atoms with Crippen molar-refractivity contribution in [3.63, 3.8) is 0 Å². The van der Waals surface area contributed by atoms with Crippen LogP contribution in [0.5, 0.6) is 5.75 Å². The first kappa shape index (κ1) is 22.9. The lowest BCUT2D eigenvalue weighted by Crippen LogP contribution is -2.53. The number of alkyl halides is 2. The van der Waals surface area contributed by atoms with Crippen LogP contribution in [0, 0.1) is 5.82 Å². The van der Waals surface area contributed by atoms with Crippen LogP contribution in [0.3, 0.4) is 0 Å². The molecule has 0 spiro atoms. The van der Waals surface area contributed by atoms with Gasteiger partial charge in [-0.3, -0.25) is 9.59 Å². The maximum Gasteiger partial charge on any atom is 0.263 e. The molecule has 10 heteroatoms. The van der Waals surface area contributed by atoms with E-state index in [0.29, 0.717) is 25.1 Å². The number of anilines is 1. The molecule has 31 heavy (non-hydrogen) atoms. The van der Waals surface area contributed by atoms with E-state index in [-0.39, 0.29) is 40.8 Å². The Balaban J connectivity index is 1.41. The van der Waals surface area contributed by atoms with E-state index in [9.17, 15) is 22.8 Å². The lowest BCUT2D eigenvalue weighted by molar-refractivity contribution is -0.124. The van der Waals surface area contributed by atoms with E-state index in [1.54, 1.807) is 6.07 Å². The topological polar surface area (TPSA) is 79.5 Å². The third-order valence-corrected chi connectivity index (χ3v) is 5.07. The van der Waals surface area contributed by atoms with E-state index in [1.807, 2.05) is 0 Å². The summed E-state index contributed by atoms with van der Waals surface area (Å²) in [5.41, 5.74) is 0.136. The van der Waals surface area contributed by atoms with Gasteiger partial charge in [-0.2, -0.15) is 0 Å². The third-order valence-electron chi connectivity index (χ3n) is 4.76. The van der Waals surface area contributed by atoms with Gasteiger partial charge in [-0.15, -0.1) is 0 Å². The summed E-state index contributed by atoms with van der Waals surface area (Å²) in [5, 5.41) is 8.41. The van der Waals surface area contributed by atoms with Crippen molar-refractivity contribution in [3.8, 4) is 5.75 Å². The van der Waals surface area contributed by atoms with Gasteiger partial charge in [-0.1, -0.05) is 23.7 Å². The van der Waals surface area contributed by atoms with Crippen LogP contribution in [-0.4, -0.2) is 37.0 Å². The molecular weight excluding hydrogens is 435 g/mol. The molecule has 3 rings (SSSR count). The molecule has 0 aliphatic carbocycles. The number of nitrogens with one attached hydrogen (secondary N) is 3. The largest absolute Gasteiger partial charge is 0.484 e. The first-order chi connectivity index (χ1) is 14.8. The predicted molar refractivity (Wildman–Crippen MR) is 110 cm³/mol. The number of benzene rings is 2. The normalized spacial score (nSPS) is 18.5. The molecule has 166 valence electrons. The van der Waals surface area contributed by atoms with Gasteiger partial charge in [-0.25, -0.2) is 13.2 Å². The third kappa shape index (κ3) is 6.60. The van der Waals surface area contributed by atoms with Crippen LogP contribution in [-0.2, 0) is 9.59 Å². The summed E-state index contributed by atoms with van der Waals surface area (Å²) >= 11 is 5.60. The van der Waals surface area contributed by atoms with E-state index in [4.69, 9.17) is 16.3 Å². The number of carbonyl (C=O) groups excluding carboxylic acids is 2. The van der Waals surface area contributed by atoms with Crippen molar-refractivity contribution in [2.45, 2.75) is 31.4 Å². The summed E-state index contributed by atoms with van der Waals surface area (Å²) < 4.78 is 44.2. The summed E-state index contributed by atoms with van der Waals surface area (Å²) in [6.45, 7) is 0.0679. The van der Waals surface area contributed by atoms with Crippen molar-refractivity contribution in [2.24, 2.45) is 0 Å². The van der Waals surface area contributed by atoms with Gasteiger partial charge in [0.1, 0.15) is 11.6 Å². The quantitative estimate of drug-likeness (QED) is 0.595. The lowest BCUT2D eigenvalue weighted by Gasteiger charge is -2.29. The van der Waals surface area contributed by atoms with Crippen LogP contribution in [0.15, 0.2) is 42.5 Å². The molecule has 0 unspecified atom stereocenters. The number of rotatable bonds is 7. The highest BCUT2D eigenvalue weighted by molar-refractivity contribution is 6.30. The Labute approximate surface area is 182 Å². The highest BCUT2D eigenvalue weighted by Crippen LogP contribution is 2.22. The van der Waals surface area contributed by atoms with Crippen LogP contribution in [0.1, 0.15) is 24.8 Å². The SMILES string of the molecule is O=C(COc1ccc(Cl)c(F)c1)N[C@H]1CC[C@H](C(=O)Nc2cccc(C(F)F)c2)NC1. The Morgan fingerprint density at radius 3 is 2.68 bits per heavy atom. The van der Waals surface area contributed by atoms with Gasteiger partial charge < -0.3 is 20.7 Å². The zero-order valence-corrected chi connectivity index (χ0v) is 17.1. The van der Waals surface area contributed by atoms with Crippen LogP contribution in [0.4, 0.5) is 18.9 Å². The molecule has 1 heterocycles. The smallest absolute Gasteiger partial charge is 0.263 e. The predicted octanol–water partition coefficient (Wildman–Crippen LogP) is 3.67. The second kappa shape index (κ2) is 10.5. The Bertz CT molecular complexity index is 937. The first-order valence-electron chi connectivity index (χ1n) is 9.61. The van der Waals surface area contributed by atoms with Crippen molar-refractivity contribution in [1.82, 2.24) is 10.6 Å². The number of hydrogen-bond donors (Lipinski definition) is 3. The Hall–Kier alpha value is -2.78. The van der Waals surface area contributed by atoms with Gasteiger partial charge in [-0.05, 0) is 37.1 Å². The van der Waals surface area contributed by atoms with Gasteiger partial charge >= 0.3 is 0 Å². The lowest BCUT2D eigenvalue weighted by atomic mass is 10.00. The molecule has 3 N–H and O–H groups in total. The molecule has 1 fully saturated rings. The number of ether oxygens (including phenoxy) is 1. The molecule has 6 nitrogen and oxygen atoms in total. The molecule has 2 amide bonds. The number of hydrogen-bond acceptors (Lipinski definition) is 4. The molecule has 0 saturated carbocycles. The molecule has 2 aromatic rings. The zero-order valence-electron chi connectivity index (χ0n) is 16.3. The van der Waals surface area contributed by atoms with Crippen LogP contribution < -0.4 is 20.7 Å². The van der Waals surface area contributed by atoms with Gasteiger partial charge in [0.25, 0.3) is 12.3 Å². The molecule has 0 aromatic heterocycles. The fraction of sp³-hybridized carbons (Fsp3) is 0.333. The van der Waals surface area contributed by atoms with Crippen LogP contribution in [0.25, 0.3) is 0 Å². The minimum atomic E-state index is -2.61. The fourth-order valence-corrected chi connectivity index (χ4v) is 3.29. The highest BCUT2D eigenvalue weighted by atomic mass is 35.5. The summed E-state index contributed by atoms with van der Waals surface area (Å²) in [6, 6.07) is 8.71. The van der Waals surface area contributed by atoms with E-state index >= 15 is 0 Å². The molecule has 2 atom stereocenters. The average molecular weight is 456 g/mol. The molecule has 1 aliphatic rings. The minimum absolute atomic E-state index is 0.0367. The number of halogens is 4. The van der Waals surface area contributed by atoms with Gasteiger partial charge in [0.15, 0.2) is 6.61 Å². The Kier molecular flexibility index (Phi) is 7.75. The molecule has 1 saturated heterocycles. The molecule has 2 aromatic carbocycles. The second-order valence-electron chi connectivity index (χ2n) is 7.08. The number of piperidine rings is 1. The monoisotopic (exact) mass is 455 g/mol. The molecule has 1 aliphatic heterocycles. The van der Waals surface area contributed by atoms with Gasteiger partial charge in [0.2, 0.25) is 5.91 Å². The molecular formula is C21H21ClF3N3O3. The van der Waals surface area contributed by atoms with Gasteiger partial charge in [0, 0.05) is 29.9 Å². The summed E-state index contributed by atoms with van der Waals surface area (Å²) in [4.78, 5) is 24.4. The van der Waals surface area contributed by atoms with Crippen molar-refractivity contribution in [3.05, 3.63) is 58.9 Å². The number of amides is 2. The summed E-state index contributed by atoms with van der Waals surface area (Å²) in [6.07, 6.45) is -1.62. The van der Waals surface area contributed by atoms with Crippen molar-refractivity contribution >= 4 is 29.1 Å². The van der Waals surface area contributed by atoms with Crippen LogP contribution >= 0.6 is 11.6 Å². The minimum Gasteiger partial charge on any atom is -0.484 e. The fourth-order valence-electron chi connectivity index (χ4n) is 3.17. The van der Waals surface area contributed by atoms with E-state index < -0.39 is 18.3 Å². The average Bonchev–Trinajstić information content (AvgIpc) is 2.75. The number of carbonyl (C=O) groups is 2. The Morgan fingerprint density at radius 2 is 2.00 bits per heavy atom. The van der Waals surface area contributed by atoms with E-state index in [0.717, 1.165) is 6.07 Å². The summed E-state index contributed by atoms with van der Waals surface area (Å²) in [5.74, 6) is -1.16. The van der Waals surface area contributed by atoms with Crippen molar-refractivity contribution in [1.29, 1.82) is 0 Å². The van der Waals surface area contributed by atoms with Crippen LogP contribution in [0.2, 0.25) is 5.02 Å². The Morgan fingerprint density at radius 1 is 1.19 bits per heavy atom.